The number of benzene rings is 1. The third kappa shape index (κ3) is 2.14. The highest BCUT2D eigenvalue weighted by Gasteiger charge is 2.21. The van der Waals surface area contributed by atoms with Crippen LogP contribution in [-0.2, 0) is 24.3 Å². The van der Waals surface area contributed by atoms with Gasteiger partial charge in [0, 0.05) is 36.2 Å². The average molecular weight is 274 g/mol. The van der Waals surface area contributed by atoms with Crippen molar-refractivity contribution >= 4 is 16.9 Å². The molecule has 2 heterocycles. The molecule has 0 saturated heterocycles. The molecule has 2 N–H and O–H groups in total. The molecule has 0 fully saturated rings. The van der Waals surface area contributed by atoms with Crippen LogP contribution < -0.4 is 10.1 Å². The number of hydrogen-bond acceptors (Lipinski definition) is 3. The summed E-state index contributed by atoms with van der Waals surface area (Å²) in [6, 6.07) is 5.94. The van der Waals surface area contributed by atoms with Gasteiger partial charge in [0.2, 0.25) is 0 Å². The number of hydrogen-bond donors (Lipinski definition) is 2. The minimum absolute atomic E-state index is 0.0517. The fourth-order valence-corrected chi connectivity index (χ4v) is 2.92. The topological polar surface area (TPSA) is 63.5 Å². The third-order valence-electron chi connectivity index (χ3n) is 3.70. The Bertz CT molecular complexity index is 661. The van der Waals surface area contributed by atoms with Crippen molar-refractivity contribution in [2.75, 3.05) is 13.2 Å². The molecule has 1 aliphatic rings. The molecule has 20 heavy (non-hydrogen) atoms. The summed E-state index contributed by atoms with van der Waals surface area (Å²) < 4.78 is 7.76. The number of fused-ring (bicyclic) bond motifs is 3. The van der Waals surface area contributed by atoms with E-state index < -0.39 is 5.97 Å². The van der Waals surface area contributed by atoms with E-state index in [1.54, 1.807) is 0 Å². The van der Waals surface area contributed by atoms with E-state index >= 15 is 0 Å². The van der Waals surface area contributed by atoms with Crippen LogP contribution in [-0.4, -0.2) is 28.8 Å². The van der Waals surface area contributed by atoms with E-state index in [1.807, 2.05) is 25.1 Å². The number of nitrogens with one attached hydrogen (secondary N) is 1. The second-order valence-electron chi connectivity index (χ2n) is 4.94. The highest BCUT2D eigenvalue weighted by atomic mass is 16.5. The van der Waals surface area contributed by atoms with Gasteiger partial charge >= 0.3 is 5.97 Å². The summed E-state index contributed by atoms with van der Waals surface area (Å²) in [6.45, 7) is 5.06. The summed E-state index contributed by atoms with van der Waals surface area (Å²) >= 11 is 0. The van der Waals surface area contributed by atoms with E-state index in [4.69, 9.17) is 9.84 Å². The lowest BCUT2D eigenvalue weighted by molar-refractivity contribution is -0.136. The summed E-state index contributed by atoms with van der Waals surface area (Å²) in [7, 11) is 0. The monoisotopic (exact) mass is 274 g/mol. The maximum absolute atomic E-state index is 11.1. The van der Waals surface area contributed by atoms with Crippen LogP contribution in [0.4, 0.5) is 0 Å². The lowest BCUT2D eigenvalue weighted by atomic mass is 10.1. The van der Waals surface area contributed by atoms with Crippen LogP contribution in [0.3, 0.4) is 0 Å². The van der Waals surface area contributed by atoms with Crippen LogP contribution in [0.15, 0.2) is 18.2 Å². The van der Waals surface area contributed by atoms with Crippen molar-refractivity contribution in [1.82, 2.24) is 9.88 Å². The maximum Gasteiger partial charge on any atom is 0.307 e. The molecule has 1 aromatic heterocycles. The number of carboxylic acids is 1. The molecule has 3 rings (SSSR count). The molecule has 0 unspecified atom stereocenters. The van der Waals surface area contributed by atoms with Crippen LogP contribution in [0.2, 0.25) is 0 Å². The van der Waals surface area contributed by atoms with Crippen molar-refractivity contribution in [1.29, 1.82) is 0 Å². The van der Waals surface area contributed by atoms with Gasteiger partial charge in [0.1, 0.15) is 5.75 Å². The van der Waals surface area contributed by atoms with Crippen LogP contribution in [0.5, 0.6) is 5.75 Å². The van der Waals surface area contributed by atoms with Gasteiger partial charge in [0.05, 0.1) is 13.0 Å². The first kappa shape index (κ1) is 13.0. The standard InChI is InChI=1S/C15H18N2O3/c1-2-20-10-3-4-13-11(7-10)12(8-15(18)19)14-9-16-5-6-17(13)14/h3-4,7,16H,2,5-6,8-9H2,1H3,(H,18,19). The number of rotatable bonds is 4. The fraction of sp³-hybridized carbons (Fsp3) is 0.400. The summed E-state index contributed by atoms with van der Waals surface area (Å²) in [5, 5.41) is 13.5. The molecule has 1 aromatic carbocycles. The zero-order valence-electron chi connectivity index (χ0n) is 11.5. The van der Waals surface area contributed by atoms with Crippen molar-refractivity contribution in [3.05, 3.63) is 29.5 Å². The van der Waals surface area contributed by atoms with Crippen molar-refractivity contribution in [3.63, 3.8) is 0 Å². The molecule has 0 spiro atoms. The molecule has 5 nitrogen and oxygen atoms in total. The molecule has 0 amide bonds. The zero-order valence-corrected chi connectivity index (χ0v) is 11.5. The Labute approximate surface area is 117 Å². The molecule has 106 valence electrons. The molecule has 0 aliphatic carbocycles. The SMILES string of the molecule is CCOc1ccc2c(c1)c(CC(=O)O)c1n2CCNC1. The molecule has 0 radical (unpaired) electrons. The Morgan fingerprint density at radius 3 is 3.10 bits per heavy atom. The summed E-state index contributed by atoms with van der Waals surface area (Å²) in [6.07, 6.45) is 0.0517. The Morgan fingerprint density at radius 2 is 2.35 bits per heavy atom. The lowest BCUT2D eigenvalue weighted by Crippen LogP contribution is -2.28. The molecule has 5 heteroatoms. The Balaban J connectivity index is 2.20. The fourth-order valence-electron chi connectivity index (χ4n) is 2.92. The minimum atomic E-state index is -0.798. The van der Waals surface area contributed by atoms with Gasteiger partial charge in [-0.15, -0.1) is 0 Å². The van der Waals surface area contributed by atoms with Crippen LogP contribution in [0, 0.1) is 0 Å². The van der Waals surface area contributed by atoms with E-state index in [0.29, 0.717) is 6.61 Å². The predicted molar refractivity (Wildman–Crippen MR) is 76.2 cm³/mol. The van der Waals surface area contributed by atoms with Crippen LogP contribution >= 0.6 is 0 Å². The third-order valence-corrected chi connectivity index (χ3v) is 3.70. The normalized spacial score (nSPS) is 14.2. The summed E-state index contributed by atoms with van der Waals surface area (Å²) in [4.78, 5) is 11.1. The highest BCUT2D eigenvalue weighted by Crippen LogP contribution is 2.31. The first-order chi connectivity index (χ1) is 9.70. The zero-order chi connectivity index (χ0) is 14.1. The Kier molecular flexibility index (Phi) is 3.36. The number of carbonyl (C=O) groups is 1. The number of aromatic nitrogens is 1. The second-order valence-corrected chi connectivity index (χ2v) is 4.94. The highest BCUT2D eigenvalue weighted by molar-refractivity contribution is 5.90. The molecule has 0 atom stereocenters. The summed E-state index contributed by atoms with van der Waals surface area (Å²) in [5.41, 5.74) is 3.09. The minimum Gasteiger partial charge on any atom is -0.494 e. The quantitative estimate of drug-likeness (QED) is 0.892. The Morgan fingerprint density at radius 1 is 1.50 bits per heavy atom. The van der Waals surface area contributed by atoms with Gasteiger partial charge < -0.3 is 19.7 Å². The Hall–Kier alpha value is -2.01. The van der Waals surface area contributed by atoms with Crippen LogP contribution in [0.1, 0.15) is 18.2 Å². The van der Waals surface area contributed by atoms with Crippen LogP contribution in [0.25, 0.3) is 10.9 Å². The molecule has 0 saturated carbocycles. The number of ether oxygens (including phenoxy) is 1. The van der Waals surface area contributed by atoms with Gasteiger partial charge in [0.15, 0.2) is 0 Å². The van der Waals surface area contributed by atoms with Gasteiger partial charge in [-0.2, -0.15) is 0 Å². The van der Waals surface area contributed by atoms with E-state index in [-0.39, 0.29) is 6.42 Å². The van der Waals surface area contributed by atoms with E-state index in [0.717, 1.165) is 47.5 Å². The number of nitrogens with zero attached hydrogens (tertiary/aromatic N) is 1. The molecule has 1 aliphatic heterocycles. The maximum atomic E-state index is 11.1. The lowest BCUT2D eigenvalue weighted by Gasteiger charge is -2.18. The van der Waals surface area contributed by atoms with Gasteiger partial charge in [-0.1, -0.05) is 0 Å². The first-order valence-corrected chi connectivity index (χ1v) is 6.90. The average Bonchev–Trinajstić information content (AvgIpc) is 2.73. The largest absolute Gasteiger partial charge is 0.494 e. The van der Waals surface area contributed by atoms with Crippen molar-refractivity contribution < 1.29 is 14.6 Å². The van der Waals surface area contributed by atoms with E-state index in [9.17, 15) is 4.79 Å². The van der Waals surface area contributed by atoms with Gasteiger partial charge in [-0.3, -0.25) is 4.79 Å². The predicted octanol–water partition coefficient (Wildman–Crippen LogP) is 1.77. The molecular weight excluding hydrogens is 256 g/mol. The molecular formula is C15H18N2O3. The first-order valence-electron chi connectivity index (χ1n) is 6.90. The summed E-state index contributed by atoms with van der Waals surface area (Å²) in [5.74, 6) is -0.00442. The van der Waals surface area contributed by atoms with E-state index in [2.05, 4.69) is 9.88 Å². The van der Waals surface area contributed by atoms with E-state index in [1.165, 1.54) is 0 Å². The van der Waals surface area contributed by atoms with Crippen molar-refractivity contribution in [3.8, 4) is 5.75 Å². The second kappa shape index (κ2) is 5.17. The smallest absolute Gasteiger partial charge is 0.307 e. The molecule has 2 aromatic rings. The van der Waals surface area contributed by atoms with Gasteiger partial charge in [-0.05, 0) is 30.7 Å². The number of carboxylic acid groups (broad SMARTS) is 1. The van der Waals surface area contributed by atoms with Gasteiger partial charge in [-0.25, -0.2) is 0 Å². The van der Waals surface area contributed by atoms with Gasteiger partial charge in [0.25, 0.3) is 0 Å². The number of aliphatic carboxylic acids is 1. The van der Waals surface area contributed by atoms with Crippen molar-refractivity contribution in [2.24, 2.45) is 0 Å². The van der Waals surface area contributed by atoms with Crippen molar-refractivity contribution in [2.45, 2.75) is 26.4 Å². The molecule has 0 bridgehead atoms.